The number of benzene rings is 3. The van der Waals surface area contributed by atoms with Crippen molar-refractivity contribution in [3.8, 4) is 17.2 Å². The third-order valence-electron chi connectivity index (χ3n) is 6.11. The molecule has 4 aromatic rings. The smallest absolute Gasteiger partial charge is 0.209 e. The van der Waals surface area contributed by atoms with Crippen LogP contribution >= 0.6 is 0 Å². The molecule has 1 atom stereocenters. The Labute approximate surface area is 197 Å². The molecule has 0 radical (unpaired) electrons. The van der Waals surface area contributed by atoms with Gasteiger partial charge in [-0.15, -0.1) is 0 Å². The van der Waals surface area contributed by atoms with E-state index in [4.69, 9.17) is 19.2 Å². The minimum Gasteiger partial charge on any atom is -0.493 e. The van der Waals surface area contributed by atoms with Crippen LogP contribution in [0.4, 0.5) is 5.95 Å². The number of para-hydroxylation sites is 2. The van der Waals surface area contributed by atoms with Crippen LogP contribution in [0, 0.1) is 0 Å². The van der Waals surface area contributed by atoms with Crippen LogP contribution in [0.25, 0.3) is 11.0 Å². The molecule has 0 amide bonds. The zero-order valence-electron chi connectivity index (χ0n) is 19.5. The molecule has 0 fully saturated rings. The molecule has 0 aliphatic carbocycles. The zero-order chi connectivity index (χ0) is 23.8. The van der Waals surface area contributed by atoms with Crippen molar-refractivity contribution in [1.82, 2.24) is 9.55 Å². The lowest BCUT2D eigenvalue weighted by Gasteiger charge is -2.31. The number of carbonyl (C=O) groups excluding carboxylic acids is 1. The van der Waals surface area contributed by atoms with E-state index in [2.05, 4.69) is 9.88 Å². The number of aromatic nitrogens is 2. The Hall–Kier alpha value is -4.26. The van der Waals surface area contributed by atoms with Crippen LogP contribution in [0.2, 0.25) is 0 Å². The first-order valence-electron chi connectivity index (χ1n) is 10.9. The first kappa shape index (κ1) is 21.6. The highest BCUT2D eigenvalue weighted by Crippen LogP contribution is 2.45. The number of methoxy groups -OCH3 is 3. The van der Waals surface area contributed by atoms with Gasteiger partial charge in [-0.25, -0.2) is 4.98 Å². The van der Waals surface area contributed by atoms with Crippen molar-refractivity contribution < 1.29 is 19.0 Å². The SMILES string of the molecule is COc1cc(C2C(C(=O)c3ccccc3)=C(C)Nc3nc4ccccc4n32)cc(OC)c1OC. The Morgan fingerprint density at radius 1 is 0.912 bits per heavy atom. The van der Waals surface area contributed by atoms with E-state index in [0.29, 0.717) is 34.3 Å². The van der Waals surface area contributed by atoms with Gasteiger partial charge in [0.05, 0.1) is 38.4 Å². The van der Waals surface area contributed by atoms with E-state index in [9.17, 15) is 4.79 Å². The maximum Gasteiger partial charge on any atom is 0.209 e. The lowest BCUT2D eigenvalue weighted by Crippen LogP contribution is -2.28. The third-order valence-corrected chi connectivity index (χ3v) is 6.11. The third kappa shape index (κ3) is 3.37. The van der Waals surface area contributed by atoms with Gasteiger partial charge in [0, 0.05) is 16.8 Å². The molecular weight excluding hydrogens is 430 g/mol. The van der Waals surface area contributed by atoms with E-state index in [1.807, 2.05) is 73.7 Å². The van der Waals surface area contributed by atoms with Crippen molar-refractivity contribution >= 4 is 22.8 Å². The molecule has 1 N–H and O–H groups in total. The Balaban J connectivity index is 1.80. The highest BCUT2D eigenvalue weighted by atomic mass is 16.5. The van der Waals surface area contributed by atoms with E-state index < -0.39 is 6.04 Å². The first-order chi connectivity index (χ1) is 16.6. The van der Waals surface area contributed by atoms with Crippen molar-refractivity contribution in [2.24, 2.45) is 0 Å². The number of ether oxygens (including phenoxy) is 3. The summed E-state index contributed by atoms with van der Waals surface area (Å²) in [5.74, 6) is 2.14. The standard InChI is InChI=1S/C27H25N3O4/c1-16-23(25(31)17-10-6-5-7-11-17)24(18-14-21(32-2)26(34-4)22(15-18)33-3)30-20-13-9-8-12-19(20)29-27(30)28-16/h5-15,24H,1-4H3,(H,28,29). The topological polar surface area (TPSA) is 74.6 Å². The summed E-state index contributed by atoms with van der Waals surface area (Å²) in [4.78, 5) is 18.7. The van der Waals surface area contributed by atoms with E-state index >= 15 is 0 Å². The molecule has 0 saturated carbocycles. The first-order valence-corrected chi connectivity index (χ1v) is 10.9. The number of nitrogens with zero attached hydrogens (tertiary/aromatic N) is 2. The van der Waals surface area contributed by atoms with Crippen molar-refractivity contribution in [3.63, 3.8) is 0 Å². The molecule has 172 valence electrons. The molecule has 5 rings (SSSR count). The van der Waals surface area contributed by atoms with Crippen LogP contribution in [0.1, 0.15) is 28.9 Å². The number of fused-ring (bicyclic) bond motifs is 3. The summed E-state index contributed by atoms with van der Waals surface area (Å²) in [6.45, 7) is 1.91. The number of rotatable bonds is 6. The van der Waals surface area contributed by atoms with Crippen molar-refractivity contribution in [2.75, 3.05) is 26.6 Å². The number of nitrogens with one attached hydrogen (secondary N) is 1. The van der Waals surface area contributed by atoms with E-state index in [1.165, 1.54) is 0 Å². The Morgan fingerprint density at radius 3 is 2.21 bits per heavy atom. The largest absolute Gasteiger partial charge is 0.493 e. The summed E-state index contributed by atoms with van der Waals surface area (Å²) >= 11 is 0. The van der Waals surface area contributed by atoms with Crippen molar-refractivity contribution in [3.05, 3.63) is 89.1 Å². The average Bonchev–Trinajstić information content (AvgIpc) is 3.24. The summed E-state index contributed by atoms with van der Waals surface area (Å²) in [7, 11) is 4.73. The van der Waals surface area contributed by atoms with Gasteiger partial charge in [-0.05, 0) is 36.8 Å². The van der Waals surface area contributed by atoms with Crippen LogP contribution in [0.15, 0.2) is 78.0 Å². The molecule has 1 aromatic heterocycles. The number of ketones is 1. The molecule has 1 aliphatic rings. The Bertz CT molecular complexity index is 1400. The maximum absolute atomic E-state index is 13.9. The summed E-state index contributed by atoms with van der Waals surface area (Å²) in [5, 5.41) is 3.35. The second-order valence-electron chi connectivity index (χ2n) is 8.01. The second kappa shape index (κ2) is 8.59. The number of imidazole rings is 1. The van der Waals surface area contributed by atoms with Gasteiger partial charge in [0.15, 0.2) is 17.3 Å². The molecule has 1 aliphatic heterocycles. The van der Waals surface area contributed by atoms with Gasteiger partial charge in [-0.3, -0.25) is 9.36 Å². The minimum absolute atomic E-state index is 0.0622. The number of hydrogen-bond donors (Lipinski definition) is 1. The lowest BCUT2D eigenvalue weighted by molar-refractivity contribution is 0.102. The molecule has 34 heavy (non-hydrogen) atoms. The zero-order valence-corrected chi connectivity index (χ0v) is 19.5. The molecule has 7 nitrogen and oxygen atoms in total. The fraction of sp³-hybridized carbons (Fsp3) is 0.185. The monoisotopic (exact) mass is 455 g/mol. The Morgan fingerprint density at radius 2 is 1.56 bits per heavy atom. The lowest BCUT2D eigenvalue weighted by atomic mass is 9.89. The number of hydrogen-bond acceptors (Lipinski definition) is 6. The fourth-order valence-electron chi connectivity index (χ4n) is 4.58. The van der Waals surface area contributed by atoms with Crippen LogP contribution in [-0.4, -0.2) is 36.7 Å². The van der Waals surface area contributed by atoms with Gasteiger partial charge in [0.2, 0.25) is 11.7 Å². The highest BCUT2D eigenvalue weighted by Gasteiger charge is 2.35. The molecule has 0 spiro atoms. The number of Topliss-reactive ketones (excluding diaryl/α,β-unsaturated/α-hetero) is 1. The van der Waals surface area contributed by atoms with E-state index in [1.54, 1.807) is 21.3 Å². The molecule has 7 heteroatoms. The Kier molecular flexibility index (Phi) is 5.45. The van der Waals surface area contributed by atoms with Gasteiger partial charge >= 0.3 is 0 Å². The van der Waals surface area contributed by atoms with Gasteiger partial charge in [-0.1, -0.05) is 42.5 Å². The van der Waals surface area contributed by atoms with E-state index in [-0.39, 0.29) is 5.78 Å². The number of allylic oxidation sites excluding steroid dienone is 2. The van der Waals surface area contributed by atoms with Crippen LogP contribution in [-0.2, 0) is 0 Å². The molecule has 0 bridgehead atoms. The van der Waals surface area contributed by atoms with Crippen LogP contribution < -0.4 is 19.5 Å². The number of carbonyl (C=O) groups is 1. The summed E-state index contributed by atoms with van der Waals surface area (Å²) in [6, 6.07) is 20.5. The number of anilines is 1. The molecule has 3 aromatic carbocycles. The van der Waals surface area contributed by atoms with Gasteiger partial charge in [0.25, 0.3) is 0 Å². The summed E-state index contributed by atoms with van der Waals surface area (Å²) in [5.41, 5.74) is 4.55. The van der Waals surface area contributed by atoms with Crippen LogP contribution in [0.3, 0.4) is 0 Å². The van der Waals surface area contributed by atoms with Crippen LogP contribution in [0.5, 0.6) is 17.2 Å². The second-order valence-corrected chi connectivity index (χ2v) is 8.01. The normalized spacial score (nSPS) is 15.0. The fourth-order valence-corrected chi connectivity index (χ4v) is 4.58. The van der Waals surface area contributed by atoms with Gasteiger partial charge < -0.3 is 19.5 Å². The van der Waals surface area contributed by atoms with Gasteiger partial charge in [-0.2, -0.15) is 0 Å². The van der Waals surface area contributed by atoms with Gasteiger partial charge in [0.1, 0.15) is 0 Å². The molecule has 2 heterocycles. The molecular formula is C27H25N3O4. The predicted octanol–water partition coefficient (Wildman–Crippen LogP) is 5.23. The summed E-state index contributed by atoms with van der Waals surface area (Å²) in [6.07, 6.45) is 0. The van der Waals surface area contributed by atoms with E-state index in [0.717, 1.165) is 22.3 Å². The molecule has 1 unspecified atom stereocenters. The quantitative estimate of drug-likeness (QED) is 0.401. The minimum atomic E-state index is -0.468. The predicted molar refractivity (Wildman–Crippen MR) is 131 cm³/mol. The average molecular weight is 456 g/mol. The molecule has 0 saturated heterocycles. The maximum atomic E-state index is 13.9. The summed E-state index contributed by atoms with van der Waals surface area (Å²) < 4.78 is 18.8. The van der Waals surface area contributed by atoms with Crippen molar-refractivity contribution in [1.29, 1.82) is 0 Å². The van der Waals surface area contributed by atoms with Crippen molar-refractivity contribution in [2.45, 2.75) is 13.0 Å². The highest BCUT2D eigenvalue weighted by molar-refractivity contribution is 6.11.